The number of nitrogens with one attached hydrogen (secondary N) is 1. The lowest BCUT2D eigenvalue weighted by Crippen LogP contribution is -2.36. The number of tetrazole rings is 1. The van der Waals surface area contributed by atoms with Crippen molar-refractivity contribution in [1.82, 2.24) is 35.3 Å². The first-order valence-corrected chi connectivity index (χ1v) is 10.8. The van der Waals surface area contributed by atoms with Gasteiger partial charge in [0.1, 0.15) is 12.1 Å². The monoisotopic (exact) mass is 445 g/mol. The standard InChI is InChI=1S/C24H24FN7O/c1-24(2)11-21(20-13-27-32(22(20)12-24)19-9-7-18(25)8-10-19)28-23(33)17-5-3-16(4-6-17)14-31-15-26-29-30-31/h3-10,13,15,21H,11-12,14H2,1-2H3,(H,28,33)/t21-/m0/s1. The summed E-state index contributed by atoms with van der Waals surface area (Å²) >= 11 is 0. The van der Waals surface area contributed by atoms with E-state index < -0.39 is 0 Å². The Morgan fingerprint density at radius 3 is 2.61 bits per heavy atom. The Morgan fingerprint density at radius 2 is 1.91 bits per heavy atom. The zero-order valence-electron chi connectivity index (χ0n) is 18.4. The number of carbonyl (C=O) groups excluding carboxylic acids is 1. The summed E-state index contributed by atoms with van der Waals surface area (Å²) < 4.78 is 16.9. The van der Waals surface area contributed by atoms with E-state index in [9.17, 15) is 9.18 Å². The van der Waals surface area contributed by atoms with Crippen LogP contribution >= 0.6 is 0 Å². The minimum absolute atomic E-state index is 0.0293. The predicted molar refractivity (Wildman–Crippen MR) is 119 cm³/mol. The quantitative estimate of drug-likeness (QED) is 0.508. The SMILES string of the molecule is CC1(C)Cc2c(cnn2-c2ccc(F)cc2)[C@@H](NC(=O)c2ccc(Cn3cnnn3)cc2)C1. The molecule has 2 aromatic heterocycles. The molecule has 168 valence electrons. The number of amides is 1. The summed E-state index contributed by atoms with van der Waals surface area (Å²) in [5.74, 6) is -0.415. The van der Waals surface area contributed by atoms with Crippen LogP contribution in [0.25, 0.3) is 5.69 Å². The van der Waals surface area contributed by atoms with Crippen LogP contribution in [0.2, 0.25) is 0 Å². The highest BCUT2D eigenvalue weighted by atomic mass is 19.1. The summed E-state index contributed by atoms with van der Waals surface area (Å²) in [4.78, 5) is 13.1. The maximum Gasteiger partial charge on any atom is 0.251 e. The van der Waals surface area contributed by atoms with E-state index >= 15 is 0 Å². The van der Waals surface area contributed by atoms with Crippen molar-refractivity contribution in [2.24, 2.45) is 5.41 Å². The second-order valence-electron chi connectivity index (χ2n) is 9.21. The van der Waals surface area contributed by atoms with Gasteiger partial charge in [0.15, 0.2) is 0 Å². The van der Waals surface area contributed by atoms with Gasteiger partial charge in [-0.15, -0.1) is 5.10 Å². The molecule has 8 nitrogen and oxygen atoms in total. The van der Waals surface area contributed by atoms with Crippen molar-refractivity contribution >= 4 is 5.91 Å². The Balaban J connectivity index is 1.36. The van der Waals surface area contributed by atoms with Gasteiger partial charge in [0.05, 0.1) is 30.2 Å². The zero-order chi connectivity index (χ0) is 23.0. The van der Waals surface area contributed by atoms with Crippen LogP contribution in [-0.4, -0.2) is 35.9 Å². The highest BCUT2D eigenvalue weighted by Crippen LogP contribution is 2.41. The Kier molecular flexibility index (Phi) is 5.24. The van der Waals surface area contributed by atoms with Gasteiger partial charge in [-0.2, -0.15) is 5.10 Å². The van der Waals surface area contributed by atoms with Crippen LogP contribution < -0.4 is 5.32 Å². The van der Waals surface area contributed by atoms with Gasteiger partial charge in [0.25, 0.3) is 5.91 Å². The first-order chi connectivity index (χ1) is 15.9. The lowest BCUT2D eigenvalue weighted by atomic mass is 9.74. The average molecular weight is 446 g/mol. The van der Waals surface area contributed by atoms with Gasteiger partial charge in [-0.1, -0.05) is 26.0 Å². The Morgan fingerprint density at radius 1 is 1.15 bits per heavy atom. The van der Waals surface area contributed by atoms with Gasteiger partial charge in [-0.25, -0.2) is 13.8 Å². The molecule has 2 heterocycles. The first-order valence-electron chi connectivity index (χ1n) is 10.8. The maximum absolute atomic E-state index is 13.4. The van der Waals surface area contributed by atoms with Crippen molar-refractivity contribution in [2.45, 2.75) is 39.3 Å². The van der Waals surface area contributed by atoms with Gasteiger partial charge >= 0.3 is 0 Å². The second-order valence-corrected chi connectivity index (χ2v) is 9.21. The van der Waals surface area contributed by atoms with Gasteiger partial charge in [0.2, 0.25) is 0 Å². The van der Waals surface area contributed by atoms with E-state index in [1.165, 1.54) is 12.1 Å². The third kappa shape index (κ3) is 4.39. The summed E-state index contributed by atoms with van der Waals surface area (Å²) in [5, 5.41) is 18.9. The first kappa shape index (κ1) is 21.0. The molecule has 1 aliphatic carbocycles. The molecule has 1 N–H and O–H groups in total. The van der Waals surface area contributed by atoms with Gasteiger partial charge in [-0.3, -0.25) is 4.79 Å². The topological polar surface area (TPSA) is 90.5 Å². The summed E-state index contributed by atoms with van der Waals surface area (Å²) in [6.45, 7) is 4.91. The fraction of sp³-hybridized carbons (Fsp3) is 0.292. The highest BCUT2D eigenvalue weighted by Gasteiger charge is 2.36. The van der Waals surface area contributed by atoms with Crippen LogP contribution in [-0.2, 0) is 13.0 Å². The zero-order valence-corrected chi connectivity index (χ0v) is 18.4. The summed E-state index contributed by atoms with van der Waals surface area (Å²) in [6, 6.07) is 13.6. The van der Waals surface area contributed by atoms with E-state index in [-0.39, 0.29) is 23.2 Å². The van der Waals surface area contributed by atoms with E-state index in [0.717, 1.165) is 35.3 Å². The number of hydrogen-bond acceptors (Lipinski definition) is 5. The molecule has 0 unspecified atom stereocenters. The molecule has 0 bridgehead atoms. The molecule has 33 heavy (non-hydrogen) atoms. The van der Waals surface area contributed by atoms with Crippen molar-refractivity contribution in [2.75, 3.05) is 0 Å². The van der Waals surface area contributed by atoms with Crippen molar-refractivity contribution in [1.29, 1.82) is 0 Å². The second kappa shape index (κ2) is 8.23. The van der Waals surface area contributed by atoms with Crippen molar-refractivity contribution in [3.8, 4) is 5.69 Å². The molecule has 0 saturated carbocycles. The molecule has 5 rings (SSSR count). The third-order valence-corrected chi connectivity index (χ3v) is 6.01. The van der Waals surface area contributed by atoms with Crippen LogP contribution in [0, 0.1) is 11.2 Å². The van der Waals surface area contributed by atoms with Gasteiger partial charge in [-0.05, 0) is 70.6 Å². The van der Waals surface area contributed by atoms with Crippen molar-refractivity contribution in [3.05, 3.63) is 89.3 Å². The Hall–Kier alpha value is -3.88. The van der Waals surface area contributed by atoms with Gasteiger partial charge < -0.3 is 5.32 Å². The number of fused-ring (bicyclic) bond motifs is 1. The third-order valence-electron chi connectivity index (χ3n) is 6.01. The largest absolute Gasteiger partial charge is 0.345 e. The number of rotatable bonds is 5. The molecule has 0 spiro atoms. The molecular weight excluding hydrogens is 421 g/mol. The number of carbonyl (C=O) groups is 1. The molecule has 9 heteroatoms. The Labute approximate surface area is 190 Å². The van der Waals surface area contributed by atoms with Crippen molar-refractivity contribution < 1.29 is 9.18 Å². The van der Waals surface area contributed by atoms with E-state index in [2.05, 4.69) is 39.8 Å². The molecule has 1 amide bonds. The van der Waals surface area contributed by atoms with Crippen LogP contribution in [0.15, 0.2) is 61.1 Å². The summed E-state index contributed by atoms with van der Waals surface area (Å²) in [5.41, 5.74) is 4.41. The van der Waals surface area contributed by atoms with Crippen LogP contribution in [0.3, 0.4) is 0 Å². The molecule has 0 aliphatic heterocycles. The van der Waals surface area contributed by atoms with E-state index in [1.54, 1.807) is 23.1 Å². The minimum atomic E-state index is -0.283. The lowest BCUT2D eigenvalue weighted by molar-refractivity contribution is 0.0919. The van der Waals surface area contributed by atoms with Crippen molar-refractivity contribution in [3.63, 3.8) is 0 Å². The molecule has 0 saturated heterocycles. The lowest BCUT2D eigenvalue weighted by Gasteiger charge is -2.36. The predicted octanol–water partition coefficient (Wildman–Crippen LogP) is 3.49. The van der Waals surface area contributed by atoms with E-state index in [4.69, 9.17) is 0 Å². The molecule has 1 aliphatic rings. The smallest absolute Gasteiger partial charge is 0.251 e. The number of halogens is 1. The average Bonchev–Trinajstić information content (AvgIpc) is 3.44. The summed E-state index contributed by atoms with van der Waals surface area (Å²) in [6.07, 6.45) is 4.99. The molecular formula is C24H24FN7O. The number of nitrogens with zero attached hydrogens (tertiary/aromatic N) is 6. The number of hydrogen-bond donors (Lipinski definition) is 1. The highest BCUT2D eigenvalue weighted by molar-refractivity contribution is 5.94. The van der Waals surface area contributed by atoms with E-state index in [0.29, 0.717) is 12.1 Å². The molecule has 2 aromatic carbocycles. The van der Waals surface area contributed by atoms with Gasteiger partial charge in [0, 0.05) is 11.1 Å². The molecule has 0 radical (unpaired) electrons. The normalized spacial score (nSPS) is 16.9. The van der Waals surface area contributed by atoms with Crippen LogP contribution in [0.5, 0.6) is 0 Å². The molecule has 4 aromatic rings. The number of aromatic nitrogens is 6. The fourth-order valence-electron chi connectivity index (χ4n) is 4.42. The molecule has 1 atom stereocenters. The Bertz CT molecular complexity index is 1260. The van der Waals surface area contributed by atoms with Crippen LogP contribution in [0.4, 0.5) is 4.39 Å². The minimum Gasteiger partial charge on any atom is -0.345 e. The fourth-order valence-corrected chi connectivity index (χ4v) is 4.42. The van der Waals surface area contributed by atoms with E-state index in [1.807, 2.05) is 35.1 Å². The molecule has 0 fully saturated rings. The maximum atomic E-state index is 13.4. The van der Waals surface area contributed by atoms with Crippen LogP contribution in [0.1, 0.15) is 53.5 Å². The number of benzene rings is 2. The summed E-state index contributed by atoms with van der Waals surface area (Å²) in [7, 11) is 0.